The minimum Gasteiger partial charge on any atom is -0.459 e. The van der Waals surface area contributed by atoms with Crippen molar-refractivity contribution in [2.45, 2.75) is 6.04 Å². The highest BCUT2D eigenvalue weighted by molar-refractivity contribution is 6.30. The summed E-state index contributed by atoms with van der Waals surface area (Å²) in [5.41, 5.74) is 1.79. The Morgan fingerprint density at radius 2 is 1.91 bits per heavy atom. The van der Waals surface area contributed by atoms with E-state index >= 15 is 0 Å². The van der Waals surface area contributed by atoms with E-state index in [0.29, 0.717) is 5.02 Å². The fourth-order valence-electron chi connectivity index (χ4n) is 2.17. The molecule has 3 aromatic rings. The van der Waals surface area contributed by atoms with Crippen LogP contribution < -0.4 is 5.32 Å². The van der Waals surface area contributed by atoms with Gasteiger partial charge in [0.2, 0.25) is 0 Å². The molecule has 0 saturated carbocycles. The molecular weight excluding hydrogens is 300 g/mol. The van der Waals surface area contributed by atoms with Crippen molar-refractivity contribution in [3.05, 3.63) is 89.1 Å². The fourth-order valence-corrected chi connectivity index (χ4v) is 2.30. The first kappa shape index (κ1) is 14.4. The maximum atomic E-state index is 12.3. The van der Waals surface area contributed by atoms with E-state index in [1.165, 1.54) is 6.26 Å². The lowest BCUT2D eigenvalue weighted by Crippen LogP contribution is -2.29. The van der Waals surface area contributed by atoms with Gasteiger partial charge in [0.15, 0.2) is 5.76 Å². The number of amides is 1. The van der Waals surface area contributed by atoms with E-state index in [0.717, 1.165) is 11.1 Å². The number of furan rings is 1. The molecule has 2 aromatic heterocycles. The molecule has 1 N–H and O–H groups in total. The van der Waals surface area contributed by atoms with Crippen LogP contribution in [0.15, 0.2) is 71.6 Å². The molecule has 0 saturated heterocycles. The van der Waals surface area contributed by atoms with E-state index in [1.54, 1.807) is 36.7 Å². The molecule has 0 spiro atoms. The standard InChI is InChI=1S/C17H13ClN2O2/c18-14-7-5-12(6-8-14)16(13-3-1-9-19-11-13)20-17(21)15-4-2-10-22-15/h1-11,16H,(H,20,21)/t16-/m1/s1. The number of carbonyl (C=O) groups excluding carboxylic acids is 1. The Balaban J connectivity index is 1.93. The topological polar surface area (TPSA) is 55.1 Å². The summed E-state index contributed by atoms with van der Waals surface area (Å²) < 4.78 is 5.14. The Morgan fingerprint density at radius 3 is 2.55 bits per heavy atom. The maximum Gasteiger partial charge on any atom is 0.287 e. The first-order valence-corrected chi connectivity index (χ1v) is 7.11. The average molecular weight is 313 g/mol. The summed E-state index contributed by atoms with van der Waals surface area (Å²) in [6.07, 6.45) is 4.88. The summed E-state index contributed by atoms with van der Waals surface area (Å²) in [6, 6.07) is 14.0. The molecule has 0 radical (unpaired) electrons. The number of carbonyl (C=O) groups is 1. The van der Waals surface area contributed by atoms with Crippen LogP contribution in [-0.4, -0.2) is 10.9 Å². The molecular formula is C17H13ClN2O2. The summed E-state index contributed by atoms with van der Waals surface area (Å²) >= 11 is 5.93. The highest BCUT2D eigenvalue weighted by Crippen LogP contribution is 2.23. The quantitative estimate of drug-likeness (QED) is 0.796. The van der Waals surface area contributed by atoms with E-state index < -0.39 is 0 Å². The molecule has 4 nitrogen and oxygen atoms in total. The number of halogens is 1. The van der Waals surface area contributed by atoms with Crippen LogP contribution >= 0.6 is 11.6 Å². The number of nitrogens with one attached hydrogen (secondary N) is 1. The van der Waals surface area contributed by atoms with Crippen molar-refractivity contribution in [1.82, 2.24) is 10.3 Å². The maximum absolute atomic E-state index is 12.3. The monoisotopic (exact) mass is 312 g/mol. The third-order valence-corrected chi connectivity index (χ3v) is 3.49. The molecule has 3 rings (SSSR count). The van der Waals surface area contributed by atoms with E-state index in [-0.39, 0.29) is 17.7 Å². The van der Waals surface area contributed by atoms with Gasteiger partial charge in [-0.05, 0) is 41.5 Å². The van der Waals surface area contributed by atoms with Crippen molar-refractivity contribution in [3.63, 3.8) is 0 Å². The summed E-state index contributed by atoms with van der Waals surface area (Å²) in [6.45, 7) is 0. The van der Waals surface area contributed by atoms with Gasteiger partial charge in [-0.2, -0.15) is 0 Å². The van der Waals surface area contributed by atoms with E-state index in [2.05, 4.69) is 10.3 Å². The molecule has 0 unspecified atom stereocenters. The Kier molecular flexibility index (Phi) is 4.21. The second-order valence-electron chi connectivity index (χ2n) is 4.72. The van der Waals surface area contributed by atoms with E-state index in [9.17, 15) is 4.79 Å². The summed E-state index contributed by atoms with van der Waals surface area (Å²) in [7, 11) is 0. The summed E-state index contributed by atoms with van der Waals surface area (Å²) in [4.78, 5) is 16.4. The first-order valence-electron chi connectivity index (χ1n) is 6.74. The third kappa shape index (κ3) is 3.18. The predicted octanol–water partition coefficient (Wildman–Crippen LogP) is 3.85. The third-order valence-electron chi connectivity index (χ3n) is 3.24. The van der Waals surface area contributed by atoms with Gasteiger partial charge in [-0.3, -0.25) is 9.78 Å². The fraction of sp³-hybridized carbons (Fsp3) is 0.0588. The van der Waals surface area contributed by atoms with Crippen LogP contribution in [0.25, 0.3) is 0 Å². The van der Waals surface area contributed by atoms with Crippen LogP contribution in [-0.2, 0) is 0 Å². The van der Waals surface area contributed by atoms with Crippen molar-refractivity contribution >= 4 is 17.5 Å². The zero-order valence-corrected chi connectivity index (χ0v) is 12.3. The largest absolute Gasteiger partial charge is 0.459 e. The summed E-state index contributed by atoms with van der Waals surface area (Å²) in [5.74, 6) is -0.0170. The van der Waals surface area contributed by atoms with Gasteiger partial charge in [-0.25, -0.2) is 0 Å². The van der Waals surface area contributed by atoms with Crippen LogP contribution in [0.4, 0.5) is 0 Å². The van der Waals surface area contributed by atoms with Crippen LogP contribution in [0.3, 0.4) is 0 Å². The van der Waals surface area contributed by atoms with Crippen molar-refractivity contribution in [3.8, 4) is 0 Å². The van der Waals surface area contributed by atoms with Gasteiger partial charge in [-0.1, -0.05) is 29.8 Å². The lowest BCUT2D eigenvalue weighted by atomic mass is 10.00. The molecule has 5 heteroatoms. The molecule has 2 heterocycles. The number of hydrogen-bond acceptors (Lipinski definition) is 3. The summed E-state index contributed by atoms with van der Waals surface area (Å²) in [5, 5.41) is 3.60. The van der Waals surface area contributed by atoms with E-state index in [4.69, 9.17) is 16.0 Å². The van der Waals surface area contributed by atoms with E-state index in [1.807, 2.05) is 24.3 Å². The van der Waals surface area contributed by atoms with Gasteiger partial charge in [0.05, 0.1) is 12.3 Å². The van der Waals surface area contributed by atoms with Gasteiger partial charge in [0.25, 0.3) is 5.91 Å². The van der Waals surface area contributed by atoms with Gasteiger partial charge in [0.1, 0.15) is 0 Å². The van der Waals surface area contributed by atoms with Crippen LogP contribution in [0, 0.1) is 0 Å². The molecule has 110 valence electrons. The molecule has 0 bridgehead atoms. The predicted molar refractivity (Wildman–Crippen MR) is 83.7 cm³/mol. The molecule has 22 heavy (non-hydrogen) atoms. The minimum atomic E-state index is -0.330. The second kappa shape index (κ2) is 6.45. The molecule has 1 amide bonds. The lowest BCUT2D eigenvalue weighted by molar-refractivity contribution is 0.0915. The minimum absolute atomic E-state index is 0.267. The van der Waals surface area contributed by atoms with Gasteiger partial charge in [-0.15, -0.1) is 0 Å². The molecule has 0 fully saturated rings. The van der Waals surface area contributed by atoms with Gasteiger partial charge >= 0.3 is 0 Å². The number of nitrogens with zero attached hydrogens (tertiary/aromatic N) is 1. The Morgan fingerprint density at radius 1 is 1.09 bits per heavy atom. The van der Waals surface area contributed by atoms with Crippen LogP contribution in [0.1, 0.15) is 27.7 Å². The number of pyridine rings is 1. The smallest absolute Gasteiger partial charge is 0.287 e. The molecule has 0 aliphatic rings. The van der Waals surface area contributed by atoms with Crippen molar-refractivity contribution in [1.29, 1.82) is 0 Å². The van der Waals surface area contributed by atoms with Crippen molar-refractivity contribution in [2.75, 3.05) is 0 Å². The Hall–Kier alpha value is -2.59. The zero-order valence-electron chi connectivity index (χ0n) is 11.6. The van der Waals surface area contributed by atoms with Crippen LogP contribution in [0.5, 0.6) is 0 Å². The molecule has 1 atom stereocenters. The van der Waals surface area contributed by atoms with Gasteiger partial charge in [0, 0.05) is 17.4 Å². The zero-order chi connectivity index (χ0) is 15.4. The number of rotatable bonds is 4. The van der Waals surface area contributed by atoms with Crippen molar-refractivity contribution in [2.24, 2.45) is 0 Å². The Bertz CT molecular complexity index is 740. The van der Waals surface area contributed by atoms with Gasteiger partial charge < -0.3 is 9.73 Å². The number of benzene rings is 1. The average Bonchev–Trinajstić information content (AvgIpc) is 3.09. The molecule has 1 aromatic carbocycles. The highest BCUT2D eigenvalue weighted by Gasteiger charge is 2.19. The number of aromatic nitrogens is 1. The first-order chi connectivity index (χ1) is 10.7. The van der Waals surface area contributed by atoms with Crippen molar-refractivity contribution < 1.29 is 9.21 Å². The van der Waals surface area contributed by atoms with Crippen LogP contribution in [0.2, 0.25) is 5.02 Å². The Labute approximate surface area is 132 Å². The number of hydrogen-bond donors (Lipinski definition) is 1. The second-order valence-corrected chi connectivity index (χ2v) is 5.16. The molecule has 0 aliphatic heterocycles. The molecule has 0 aliphatic carbocycles. The normalized spacial score (nSPS) is 11.9. The highest BCUT2D eigenvalue weighted by atomic mass is 35.5. The SMILES string of the molecule is O=C(N[C@H](c1ccc(Cl)cc1)c1cccnc1)c1ccco1. The lowest BCUT2D eigenvalue weighted by Gasteiger charge is -2.19.